The fourth-order valence-electron chi connectivity index (χ4n) is 4.01. The number of carbonyl (C=O) groups excluding carboxylic acids is 1. The van der Waals surface area contributed by atoms with Gasteiger partial charge in [0, 0.05) is 25.6 Å². The van der Waals surface area contributed by atoms with Crippen molar-refractivity contribution in [3.63, 3.8) is 0 Å². The van der Waals surface area contributed by atoms with Crippen molar-refractivity contribution >= 4 is 5.91 Å². The van der Waals surface area contributed by atoms with Gasteiger partial charge in [-0.2, -0.15) is 0 Å². The smallest absolute Gasteiger partial charge is 0.222 e. The average Bonchev–Trinajstić information content (AvgIpc) is 2.65. The van der Waals surface area contributed by atoms with Crippen LogP contribution in [-0.2, 0) is 4.79 Å². The van der Waals surface area contributed by atoms with Gasteiger partial charge in [0.2, 0.25) is 5.91 Å². The predicted molar refractivity (Wildman–Crippen MR) is 83.4 cm³/mol. The first-order valence-electron chi connectivity index (χ1n) is 8.72. The van der Waals surface area contributed by atoms with Crippen LogP contribution in [0.25, 0.3) is 0 Å². The van der Waals surface area contributed by atoms with E-state index in [2.05, 4.69) is 11.8 Å². The molecule has 3 nitrogen and oxygen atoms in total. The molecule has 3 heteroatoms. The Balaban J connectivity index is 1.77. The summed E-state index contributed by atoms with van der Waals surface area (Å²) in [6.45, 7) is 4.24. The summed E-state index contributed by atoms with van der Waals surface area (Å²) < 4.78 is 0. The van der Waals surface area contributed by atoms with Crippen LogP contribution in [0.1, 0.15) is 71.1 Å². The van der Waals surface area contributed by atoms with Gasteiger partial charge in [0.15, 0.2) is 0 Å². The zero-order chi connectivity index (χ0) is 14.4. The summed E-state index contributed by atoms with van der Waals surface area (Å²) in [5.74, 6) is 1.78. The molecule has 3 atom stereocenters. The first-order chi connectivity index (χ1) is 9.69. The van der Waals surface area contributed by atoms with Crippen LogP contribution < -0.4 is 5.73 Å². The largest absolute Gasteiger partial charge is 0.343 e. The zero-order valence-corrected chi connectivity index (χ0v) is 13.2. The number of hydrogen-bond acceptors (Lipinski definition) is 2. The van der Waals surface area contributed by atoms with Crippen LogP contribution in [0.4, 0.5) is 0 Å². The molecule has 2 aliphatic rings. The maximum absolute atomic E-state index is 12.5. The Kier molecular flexibility index (Phi) is 6.34. The predicted octanol–water partition coefficient (Wildman–Crippen LogP) is 3.32. The lowest BCUT2D eigenvalue weighted by Gasteiger charge is -2.28. The Morgan fingerprint density at radius 3 is 2.65 bits per heavy atom. The van der Waals surface area contributed by atoms with E-state index in [1.165, 1.54) is 44.9 Å². The molecule has 0 spiro atoms. The monoisotopic (exact) mass is 280 g/mol. The van der Waals surface area contributed by atoms with Crippen LogP contribution in [-0.4, -0.2) is 29.9 Å². The van der Waals surface area contributed by atoms with E-state index in [4.69, 9.17) is 5.73 Å². The number of nitrogens with two attached hydrogens (primary N) is 1. The molecule has 0 bridgehead atoms. The van der Waals surface area contributed by atoms with E-state index in [1.54, 1.807) is 0 Å². The number of carbonyl (C=O) groups is 1. The molecule has 1 aliphatic heterocycles. The third kappa shape index (κ3) is 4.76. The lowest BCUT2D eigenvalue weighted by molar-refractivity contribution is -0.132. The lowest BCUT2D eigenvalue weighted by atomic mass is 9.84. The lowest BCUT2D eigenvalue weighted by Crippen LogP contribution is -2.35. The first-order valence-corrected chi connectivity index (χ1v) is 8.72. The molecule has 0 aromatic rings. The summed E-state index contributed by atoms with van der Waals surface area (Å²) in [6, 6.07) is 0.333. The molecule has 0 aromatic carbocycles. The van der Waals surface area contributed by atoms with Gasteiger partial charge in [-0.25, -0.2) is 0 Å². The third-order valence-electron chi connectivity index (χ3n) is 5.18. The highest BCUT2D eigenvalue weighted by atomic mass is 16.2. The van der Waals surface area contributed by atoms with E-state index in [0.29, 0.717) is 17.9 Å². The van der Waals surface area contributed by atoms with Crippen LogP contribution in [0.2, 0.25) is 0 Å². The van der Waals surface area contributed by atoms with Crippen molar-refractivity contribution < 1.29 is 4.79 Å². The molecule has 3 unspecified atom stereocenters. The molecule has 116 valence electrons. The fourth-order valence-corrected chi connectivity index (χ4v) is 4.01. The van der Waals surface area contributed by atoms with Gasteiger partial charge in [-0.15, -0.1) is 0 Å². The van der Waals surface area contributed by atoms with Crippen LogP contribution in [0.15, 0.2) is 0 Å². The minimum Gasteiger partial charge on any atom is -0.343 e. The molecule has 2 fully saturated rings. The normalized spacial score (nSPS) is 31.9. The SMILES string of the molecule is CCCC1CCCN(C(=O)CC2CCCC(N)C2)CC1. The van der Waals surface area contributed by atoms with Crippen molar-refractivity contribution in [3.8, 4) is 0 Å². The minimum atomic E-state index is 0.333. The summed E-state index contributed by atoms with van der Waals surface area (Å²) in [5.41, 5.74) is 6.03. The molecule has 0 aromatic heterocycles. The summed E-state index contributed by atoms with van der Waals surface area (Å²) in [6.07, 6.45) is 11.7. The molecular weight excluding hydrogens is 248 g/mol. The summed E-state index contributed by atoms with van der Waals surface area (Å²) >= 11 is 0. The highest BCUT2D eigenvalue weighted by Gasteiger charge is 2.25. The van der Waals surface area contributed by atoms with E-state index in [-0.39, 0.29) is 0 Å². The maximum Gasteiger partial charge on any atom is 0.222 e. The van der Waals surface area contributed by atoms with Crippen molar-refractivity contribution in [3.05, 3.63) is 0 Å². The summed E-state index contributed by atoms with van der Waals surface area (Å²) in [7, 11) is 0. The molecule has 2 rings (SSSR count). The van der Waals surface area contributed by atoms with Crippen molar-refractivity contribution in [1.82, 2.24) is 4.90 Å². The van der Waals surface area contributed by atoms with Gasteiger partial charge >= 0.3 is 0 Å². The summed E-state index contributed by atoms with van der Waals surface area (Å²) in [4.78, 5) is 14.6. The fraction of sp³-hybridized carbons (Fsp3) is 0.941. The molecule has 2 N–H and O–H groups in total. The van der Waals surface area contributed by atoms with E-state index in [9.17, 15) is 4.79 Å². The van der Waals surface area contributed by atoms with Gasteiger partial charge in [-0.1, -0.05) is 26.2 Å². The van der Waals surface area contributed by atoms with Gasteiger partial charge in [-0.05, 0) is 50.4 Å². The zero-order valence-electron chi connectivity index (χ0n) is 13.2. The van der Waals surface area contributed by atoms with Crippen molar-refractivity contribution in [1.29, 1.82) is 0 Å². The van der Waals surface area contributed by atoms with Gasteiger partial charge in [0.05, 0.1) is 0 Å². The number of amides is 1. The number of rotatable bonds is 4. The van der Waals surface area contributed by atoms with Crippen LogP contribution in [0.3, 0.4) is 0 Å². The van der Waals surface area contributed by atoms with E-state index < -0.39 is 0 Å². The Bertz CT molecular complexity index is 305. The van der Waals surface area contributed by atoms with Crippen LogP contribution in [0.5, 0.6) is 0 Å². The molecule has 1 heterocycles. The number of hydrogen-bond donors (Lipinski definition) is 1. The Morgan fingerprint density at radius 2 is 1.90 bits per heavy atom. The molecule has 0 radical (unpaired) electrons. The molecule has 20 heavy (non-hydrogen) atoms. The number of nitrogens with zero attached hydrogens (tertiary/aromatic N) is 1. The van der Waals surface area contributed by atoms with E-state index in [1.807, 2.05) is 0 Å². The Hall–Kier alpha value is -0.570. The van der Waals surface area contributed by atoms with E-state index >= 15 is 0 Å². The van der Waals surface area contributed by atoms with Crippen molar-refractivity contribution in [2.24, 2.45) is 17.6 Å². The number of likely N-dealkylation sites (tertiary alicyclic amines) is 1. The minimum absolute atomic E-state index is 0.333. The highest BCUT2D eigenvalue weighted by molar-refractivity contribution is 5.76. The van der Waals surface area contributed by atoms with Gasteiger partial charge < -0.3 is 10.6 Å². The van der Waals surface area contributed by atoms with Crippen LogP contribution >= 0.6 is 0 Å². The van der Waals surface area contributed by atoms with Crippen molar-refractivity contribution in [2.45, 2.75) is 77.2 Å². The third-order valence-corrected chi connectivity index (χ3v) is 5.18. The van der Waals surface area contributed by atoms with E-state index in [0.717, 1.165) is 38.3 Å². The van der Waals surface area contributed by atoms with Gasteiger partial charge in [-0.3, -0.25) is 4.79 Å². The van der Waals surface area contributed by atoms with Gasteiger partial charge in [0.1, 0.15) is 0 Å². The maximum atomic E-state index is 12.5. The quantitative estimate of drug-likeness (QED) is 0.858. The second kappa shape index (κ2) is 8.02. The molecule has 1 saturated heterocycles. The van der Waals surface area contributed by atoms with Crippen molar-refractivity contribution in [2.75, 3.05) is 13.1 Å². The first kappa shape index (κ1) is 15.8. The molecule has 1 amide bonds. The molecule has 1 aliphatic carbocycles. The second-order valence-corrected chi connectivity index (χ2v) is 6.96. The highest BCUT2D eigenvalue weighted by Crippen LogP contribution is 2.28. The molecular formula is C17H32N2O. The van der Waals surface area contributed by atoms with Crippen LogP contribution in [0, 0.1) is 11.8 Å². The van der Waals surface area contributed by atoms with Gasteiger partial charge in [0.25, 0.3) is 0 Å². The Morgan fingerprint density at radius 1 is 1.10 bits per heavy atom. The average molecular weight is 280 g/mol. The topological polar surface area (TPSA) is 46.3 Å². The Labute approximate surface area is 124 Å². The second-order valence-electron chi connectivity index (χ2n) is 6.96. The summed E-state index contributed by atoms with van der Waals surface area (Å²) in [5, 5.41) is 0. The molecule has 1 saturated carbocycles. The standard InChI is InChI=1S/C17H32N2O/c1-2-5-14-7-4-10-19(11-9-14)17(20)13-15-6-3-8-16(18)12-15/h14-16H,2-13,18H2,1H3.